The number of likely N-dealkylation sites (tertiary alicyclic amines) is 3. The fourth-order valence-electron chi connectivity index (χ4n) is 13.6. The number of H-pyrrole nitrogens is 1. The molecule has 3 aliphatic heterocycles. The molecule has 3 fully saturated rings. The van der Waals surface area contributed by atoms with Gasteiger partial charge in [0.1, 0.15) is 74.7 Å². The summed E-state index contributed by atoms with van der Waals surface area (Å²) >= 11 is 0. The summed E-state index contributed by atoms with van der Waals surface area (Å²) in [5.41, 5.74) is 21.3. The van der Waals surface area contributed by atoms with E-state index in [0.717, 1.165) is 35.5 Å². The van der Waals surface area contributed by atoms with Crippen molar-refractivity contribution in [3.05, 3.63) is 233 Å². The molecule has 27 nitrogen and oxygen atoms in total. The number of anilines is 3. The molecule has 0 aliphatic carbocycles. The van der Waals surface area contributed by atoms with Crippen molar-refractivity contribution in [1.29, 1.82) is 0 Å². The van der Waals surface area contributed by atoms with E-state index in [2.05, 4.69) is 45.2 Å². The second-order valence-electron chi connectivity index (χ2n) is 25.8. The first-order valence-corrected chi connectivity index (χ1v) is 34.8. The van der Waals surface area contributed by atoms with Crippen molar-refractivity contribution < 1.29 is 41.8 Å². The van der Waals surface area contributed by atoms with Crippen LogP contribution < -0.4 is 48.1 Å². The number of aromatic amines is 1. The van der Waals surface area contributed by atoms with Gasteiger partial charge in [0, 0.05) is 62.5 Å². The van der Waals surface area contributed by atoms with Crippen molar-refractivity contribution in [3.8, 4) is 68.3 Å². The Kier molecular flexibility index (Phi) is 21.3. The Balaban J connectivity index is 0.000000143. The van der Waals surface area contributed by atoms with Crippen molar-refractivity contribution in [2.45, 2.75) is 76.4 Å². The smallest absolute Gasteiger partial charge is 0.408 e. The van der Waals surface area contributed by atoms with E-state index in [9.17, 15) is 41.9 Å². The highest BCUT2D eigenvalue weighted by Gasteiger charge is 2.36. The minimum atomic E-state index is -4.68. The lowest BCUT2D eigenvalue weighted by molar-refractivity contribution is -0.143. The number of rotatable bonds is 17. The van der Waals surface area contributed by atoms with Crippen LogP contribution >= 0.6 is 0 Å². The van der Waals surface area contributed by atoms with Crippen LogP contribution in [-0.2, 0) is 27.5 Å². The summed E-state index contributed by atoms with van der Waals surface area (Å²) in [6.07, 6.45) is 2.56. The zero-order valence-corrected chi connectivity index (χ0v) is 58.7. The fourth-order valence-corrected chi connectivity index (χ4v) is 13.6. The minimum Gasteiger partial charge on any atom is -0.457 e. The van der Waals surface area contributed by atoms with E-state index < -0.39 is 24.3 Å². The Morgan fingerprint density at radius 1 is 0.463 bits per heavy atom. The van der Waals surface area contributed by atoms with E-state index >= 15 is 0 Å². The molecule has 0 saturated carbocycles. The topological polar surface area (TPSA) is 336 Å². The Hall–Kier alpha value is -13.4. The first kappa shape index (κ1) is 72.9. The molecule has 3 atom stereocenters. The number of benzene rings is 6. The summed E-state index contributed by atoms with van der Waals surface area (Å²) in [6.45, 7) is 14.1. The molecule has 0 spiro atoms. The molecular formula is C78H75F3N18O9. The number of piperidine rings is 2. The minimum absolute atomic E-state index is 0.0933. The summed E-state index contributed by atoms with van der Waals surface area (Å²) in [5.74, 6) is 3.66. The van der Waals surface area contributed by atoms with Crippen LogP contribution in [0.1, 0.15) is 57.2 Å². The van der Waals surface area contributed by atoms with Gasteiger partial charge in [0.05, 0.1) is 34.3 Å². The summed E-state index contributed by atoms with van der Waals surface area (Å²) in [6, 6.07) is 49.2. The van der Waals surface area contributed by atoms with Crippen LogP contribution in [0, 0.1) is 0 Å². The van der Waals surface area contributed by atoms with Gasteiger partial charge in [-0.05, 0) is 166 Å². The number of aromatic nitrogens is 12. The molecule has 0 radical (unpaired) electrons. The number of nitrogens with zero attached hydrogens (tertiary/aromatic N) is 14. The number of nitrogen functional groups attached to an aromatic ring is 3. The number of para-hydroxylation sites is 3. The first-order chi connectivity index (χ1) is 52.2. The normalized spacial score (nSPS) is 15.7. The fraction of sp³-hybridized carbons (Fsp3) is 0.231. The largest absolute Gasteiger partial charge is 0.457 e. The number of hydrogen-bond donors (Lipinski definition) is 4. The Morgan fingerprint density at radius 2 is 0.796 bits per heavy atom. The number of hydrogen-bond acceptors (Lipinski definition) is 18. The molecule has 6 aromatic carbocycles. The first-order valence-electron chi connectivity index (χ1n) is 34.8. The monoisotopic (exact) mass is 1460 g/mol. The molecule has 9 heterocycles. The molecule has 6 aromatic heterocycles. The predicted octanol–water partition coefficient (Wildman–Crippen LogP) is 11.7. The van der Waals surface area contributed by atoms with Gasteiger partial charge in [-0.25, -0.2) is 14.5 Å². The molecule has 108 heavy (non-hydrogen) atoms. The molecule has 7 N–H and O–H groups in total. The number of amides is 3. The quantitative estimate of drug-likeness (QED) is 0.0615. The summed E-state index contributed by atoms with van der Waals surface area (Å²) in [4.78, 5) is 81.1. The lowest BCUT2D eigenvalue weighted by atomic mass is 10.1. The van der Waals surface area contributed by atoms with E-state index in [0.29, 0.717) is 131 Å². The molecule has 3 aliphatic rings. The third-order valence-electron chi connectivity index (χ3n) is 18.7. The van der Waals surface area contributed by atoms with E-state index in [-0.39, 0.29) is 75.8 Å². The lowest BCUT2D eigenvalue weighted by Gasteiger charge is -2.32. The lowest BCUT2D eigenvalue weighted by Crippen LogP contribution is -2.41. The molecule has 15 rings (SSSR count). The molecule has 12 aromatic rings. The van der Waals surface area contributed by atoms with Gasteiger partial charge >= 0.3 is 6.18 Å². The van der Waals surface area contributed by atoms with Gasteiger partial charge in [-0.2, -0.15) is 43.8 Å². The number of alkyl halides is 3. The van der Waals surface area contributed by atoms with Crippen LogP contribution in [0.25, 0.3) is 66.5 Å². The van der Waals surface area contributed by atoms with Crippen molar-refractivity contribution in [2.75, 3.05) is 56.5 Å². The molecule has 552 valence electrons. The summed E-state index contributed by atoms with van der Waals surface area (Å²) < 4.78 is 63.8. The number of fused-ring (bicyclic) bond motifs is 3. The molecule has 3 saturated heterocycles. The maximum atomic E-state index is 13.4. The van der Waals surface area contributed by atoms with E-state index in [1.165, 1.54) is 27.6 Å². The number of nitrogens with two attached hydrogens (primary N) is 3. The predicted molar refractivity (Wildman–Crippen MR) is 403 cm³/mol. The molecular weight excluding hydrogens is 1390 g/mol. The van der Waals surface area contributed by atoms with Gasteiger partial charge in [0.2, 0.25) is 17.7 Å². The summed E-state index contributed by atoms with van der Waals surface area (Å²) in [5, 5.41) is 30.0. The molecule has 3 amide bonds. The molecule has 0 bridgehead atoms. The maximum Gasteiger partial charge on any atom is 0.408 e. The number of nitrogens with one attached hydrogen (secondary N) is 1. The number of carbonyl (C=O) groups excluding carboxylic acids is 3. The zero-order valence-electron chi connectivity index (χ0n) is 58.7. The van der Waals surface area contributed by atoms with Gasteiger partial charge in [0.15, 0.2) is 17.5 Å². The van der Waals surface area contributed by atoms with Crippen LogP contribution in [0.3, 0.4) is 0 Å². The average Bonchev–Trinajstić information content (AvgIpc) is 1.76. The van der Waals surface area contributed by atoms with Crippen molar-refractivity contribution in [2.24, 2.45) is 0 Å². The third kappa shape index (κ3) is 15.5. The van der Waals surface area contributed by atoms with Crippen LogP contribution in [0.15, 0.2) is 216 Å². The number of halogens is 3. The SMILES string of the molecule is C=CC(=O)N1CCC(n2nc(-c3ccc(Oc4ccccc4)cc3)c3c(N)n[nH]c(=O)c32)C1.C=CC(=O)N1CCCC(n2nc(-c3ccc(Oc4ccccc4)cc3)c3c(N)nn(CC(F)(F)F)c(=O)c32)C1.C=CC(=O)N1CCCC(n2nc(-c3ccc(Oc4ccccc4)cc3)c3c(N)nn(CC)c(=O)c32)C1. The van der Waals surface area contributed by atoms with Crippen molar-refractivity contribution >= 4 is 67.9 Å². The van der Waals surface area contributed by atoms with Gasteiger partial charge in [-0.3, -0.25) is 42.8 Å². The van der Waals surface area contributed by atoms with Crippen LogP contribution in [-0.4, -0.2) is 137 Å². The van der Waals surface area contributed by atoms with E-state index in [1.807, 2.05) is 146 Å². The molecule has 3 unspecified atom stereocenters. The van der Waals surface area contributed by atoms with Crippen LogP contribution in [0.4, 0.5) is 30.6 Å². The highest BCUT2D eigenvalue weighted by molar-refractivity contribution is 6.02. The second kappa shape index (κ2) is 31.5. The number of carbonyl (C=O) groups is 3. The van der Waals surface area contributed by atoms with Gasteiger partial charge in [-0.1, -0.05) is 74.3 Å². The van der Waals surface area contributed by atoms with Gasteiger partial charge < -0.3 is 46.1 Å². The average molecular weight is 1470 g/mol. The second-order valence-corrected chi connectivity index (χ2v) is 25.8. The van der Waals surface area contributed by atoms with Gasteiger partial charge in [-0.15, -0.1) is 0 Å². The van der Waals surface area contributed by atoms with Gasteiger partial charge in [0.25, 0.3) is 16.7 Å². The zero-order chi connectivity index (χ0) is 75.9. The number of aryl methyl sites for hydroxylation is 1. The summed E-state index contributed by atoms with van der Waals surface area (Å²) in [7, 11) is 0. The maximum absolute atomic E-state index is 13.4. The Morgan fingerprint density at radius 3 is 1.17 bits per heavy atom. The van der Waals surface area contributed by atoms with E-state index in [1.54, 1.807) is 48.3 Å². The standard InChI is InChI=1S/C27H25F3N6O3.C27H28N6O3.C24H22N6O3/c1-2-21(37)34-14-6-7-18(15-34)36-24-22(25(31)33-35(26(24)38)16-27(28,29)30)23(32-36)17-10-12-20(13-11-17)39-19-8-4-3-5-9-19;1-3-22(34)31-16-8-9-19(17-31)33-25-23(26(28)30-32(4-2)27(25)35)24(29-33)18-12-14-21(15-13-18)36-20-10-6-5-7-11-20;1-2-19(31)29-13-12-16(14-29)30-22-20(23(25)26-27-24(22)32)21(28-30)15-8-10-18(11-9-15)33-17-6-4-3-5-7-17/h2-5,8-13,18H,1,6-7,14-16H2,(H2,31,33);3,5-7,10-15,19H,1,4,8-9,16-17H2,2H3,(H2,28,30);2-11,16H,1,12-14H2,(H2,25,26)(H,27,32). The van der Waals surface area contributed by atoms with E-state index in [4.69, 9.17) is 41.6 Å². The van der Waals surface area contributed by atoms with Crippen molar-refractivity contribution in [1.82, 2.24) is 73.8 Å². The number of ether oxygens (including phenoxy) is 3. The highest BCUT2D eigenvalue weighted by Crippen LogP contribution is 2.39. The Bertz CT molecular complexity index is 5530. The Labute approximate surface area is 614 Å². The van der Waals surface area contributed by atoms with Crippen LogP contribution in [0.5, 0.6) is 34.5 Å². The molecule has 30 heteroatoms. The highest BCUT2D eigenvalue weighted by atomic mass is 19.4. The van der Waals surface area contributed by atoms with Crippen LogP contribution in [0.2, 0.25) is 0 Å². The third-order valence-corrected chi connectivity index (χ3v) is 18.7. The van der Waals surface area contributed by atoms with Crippen molar-refractivity contribution in [3.63, 3.8) is 0 Å².